The van der Waals surface area contributed by atoms with Crippen LogP contribution in [-0.4, -0.2) is 28.1 Å². The molecule has 1 atom stereocenters. The number of benzene rings is 2. The number of rotatable bonds is 4. The maximum atomic E-state index is 13.0. The SMILES string of the molecule is CCN1c2cc(C)c(/C=C3\SC(=O)N(Cc4ccccc4Cl)C3=O)cc2[C@@H](C)CC1(C)C. The number of nitrogens with zero attached hydrogens (tertiary/aromatic N) is 2. The van der Waals surface area contributed by atoms with E-state index in [4.69, 9.17) is 11.6 Å². The fourth-order valence-electron chi connectivity index (χ4n) is 4.98. The first-order valence-corrected chi connectivity index (χ1v) is 12.2. The van der Waals surface area contributed by atoms with Crippen molar-refractivity contribution in [3.63, 3.8) is 0 Å². The van der Waals surface area contributed by atoms with Crippen LogP contribution in [0, 0.1) is 6.92 Å². The van der Waals surface area contributed by atoms with Gasteiger partial charge in [0.1, 0.15) is 0 Å². The van der Waals surface area contributed by atoms with E-state index in [1.165, 1.54) is 16.2 Å². The Bertz CT molecular complexity index is 1120. The van der Waals surface area contributed by atoms with Crippen LogP contribution in [0.4, 0.5) is 10.5 Å². The molecule has 2 heterocycles. The van der Waals surface area contributed by atoms with E-state index in [1.54, 1.807) is 6.07 Å². The second-order valence-electron chi connectivity index (χ2n) is 9.29. The summed E-state index contributed by atoms with van der Waals surface area (Å²) in [5.74, 6) is 0.159. The monoisotopic (exact) mass is 468 g/mol. The topological polar surface area (TPSA) is 40.6 Å². The summed E-state index contributed by atoms with van der Waals surface area (Å²) in [7, 11) is 0. The molecule has 0 aliphatic carbocycles. The normalized spacial score (nSPS) is 21.4. The Hall–Kier alpha value is -2.24. The lowest BCUT2D eigenvalue weighted by Crippen LogP contribution is -2.48. The van der Waals surface area contributed by atoms with Gasteiger partial charge in [0.2, 0.25) is 0 Å². The van der Waals surface area contributed by atoms with Crippen molar-refractivity contribution in [1.29, 1.82) is 0 Å². The lowest BCUT2D eigenvalue weighted by molar-refractivity contribution is -0.123. The molecule has 168 valence electrons. The van der Waals surface area contributed by atoms with Crippen LogP contribution in [0.25, 0.3) is 6.08 Å². The maximum Gasteiger partial charge on any atom is 0.293 e. The summed E-state index contributed by atoms with van der Waals surface area (Å²) in [6.07, 6.45) is 2.94. The standard InChI is InChI=1S/C26H29ClN2O2S/c1-6-29-22-11-16(2)19(12-20(22)17(3)14-26(29,4)5)13-23-24(30)28(25(31)32-23)15-18-9-7-8-10-21(18)27/h7-13,17H,6,14-15H2,1-5H3/b23-13-/t17-/m0/s1. The van der Waals surface area contributed by atoms with E-state index in [0.29, 0.717) is 15.8 Å². The van der Waals surface area contributed by atoms with Crippen LogP contribution < -0.4 is 4.90 Å². The second kappa shape index (κ2) is 8.60. The molecule has 0 N–H and O–H groups in total. The zero-order valence-electron chi connectivity index (χ0n) is 19.2. The number of halogens is 1. The van der Waals surface area contributed by atoms with Gasteiger partial charge in [-0.2, -0.15) is 0 Å². The summed E-state index contributed by atoms with van der Waals surface area (Å²) < 4.78 is 0. The van der Waals surface area contributed by atoms with Crippen molar-refractivity contribution < 1.29 is 9.59 Å². The van der Waals surface area contributed by atoms with Crippen LogP contribution in [0.5, 0.6) is 0 Å². The number of carbonyl (C=O) groups excluding carboxylic acids is 2. The van der Waals surface area contributed by atoms with Crippen LogP contribution in [0.1, 0.15) is 62.3 Å². The van der Waals surface area contributed by atoms with Crippen LogP contribution in [0.15, 0.2) is 41.3 Å². The average molecular weight is 469 g/mol. The molecule has 4 nitrogen and oxygen atoms in total. The fourth-order valence-corrected chi connectivity index (χ4v) is 6.00. The third-order valence-corrected chi connectivity index (χ3v) is 7.81. The molecule has 2 aliphatic rings. The molecular formula is C26H29ClN2O2S. The number of hydrogen-bond acceptors (Lipinski definition) is 4. The van der Waals surface area contributed by atoms with E-state index in [0.717, 1.165) is 41.4 Å². The molecule has 2 amide bonds. The Kier molecular flexibility index (Phi) is 6.17. The highest BCUT2D eigenvalue weighted by molar-refractivity contribution is 8.18. The van der Waals surface area contributed by atoms with Crippen molar-refractivity contribution >= 4 is 46.3 Å². The van der Waals surface area contributed by atoms with Crippen LogP contribution >= 0.6 is 23.4 Å². The Morgan fingerprint density at radius 2 is 1.94 bits per heavy atom. The van der Waals surface area contributed by atoms with Gasteiger partial charge in [0.15, 0.2) is 0 Å². The molecule has 4 rings (SSSR count). The van der Waals surface area contributed by atoms with E-state index in [9.17, 15) is 9.59 Å². The van der Waals surface area contributed by atoms with Gasteiger partial charge in [0, 0.05) is 22.8 Å². The molecule has 0 saturated carbocycles. The highest BCUT2D eigenvalue weighted by Crippen LogP contribution is 2.45. The van der Waals surface area contributed by atoms with Gasteiger partial charge in [-0.15, -0.1) is 0 Å². The van der Waals surface area contributed by atoms with Gasteiger partial charge < -0.3 is 4.90 Å². The summed E-state index contributed by atoms with van der Waals surface area (Å²) in [6, 6.07) is 11.7. The molecule has 0 unspecified atom stereocenters. The van der Waals surface area contributed by atoms with Gasteiger partial charge >= 0.3 is 0 Å². The van der Waals surface area contributed by atoms with E-state index in [2.05, 4.69) is 51.7 Å². The highest BCUT2D eigenvalue weighted by Gasteiger charge is 2.37. The Morgan fingerprint density at radius 3 is 2.62 bits per heavy atom. The smallest absolute Gasteiger partial charge is 0.293 e. The third kappa shape index (κ3) is 4.08. The van der Waals surface area contributed by atoms with E-state index in [-0.39, 0.29) is 23.2 Å². The van der Waals surface area contributed by atoms with E-state index in [1.807, 2.05) is 24.3 Å². The van der Waals surface area contributed by atoms with Crippen molar-refractivity contribution in [2.75, 3.05) is 11.4 Å². The lowest BCUT2D eigenvalue weighted by atomic mass is 9.79. The number of aryl methyl sites for hydroxylation is 1. The zero-order valence-corrected chi connectivity index (χ0v) is 20.8. The quantitative estimate of drug-likeness (QED) is 0.453. The molecule has 2 aromatic carbocycles. The lowest BCUT2D eigenvalue weighted by Gasteiger charge is -2.47. The van der Waals surface area contributed by atoms with E-state index < -0.39 is 0 Å². The number of fused-ring (bicyclic) bond motifs is 1. The number of thioether (sulfide) groups is 1. The van der Waals surface area contributed by atoms with Crippen LogP contribution in [0.2, 0.25) is 5.02 Å². The first-order chi connectivity index (χ1) is 15.1. The molecule has 0 radical (unpaired) electrons. The van der Waals surface area contributed by atoms with Gasteiger partial charge in [-0.1, -0.05) is 36.7 Å². The van der Waals surface area contributed by atoms with Crippen molar-refractivity contribution in [3.8, 4) is 0 Å². The number of imide groups is 1. The molecule has 1 fully saturated rings. The average Bonchev–Trinajstić information content (AvgIpc) is 2.98. The molecular weight excluding hydrogens is 440 g/mol. The summed E-state index contributed by atoms with van der Waals surface area (Å²) >= 11 is 7.23. The Morgan fingerprint density at radius 1 is 1.22 bits per heavy atom. The van der Waals surface area contributed by atoms with Gasteiger partial charge in [0.05, 0.1) is 11.4 Å². The number of amides is 2. The third-order valence-electron chi connectivity index (χ3n) is 6.54. The first kappa shape index (κ1) is 22.9. The summed E-state index contributed by atoms with van der Waals surface area (Å²) in [4.78, 5) is 29.9. The van der Waals surface area contributed by atoms with Crippen molar-refractivity contribution in [3.05, 3.63) is 68.6 Å². The molecule has 2 aliphatic heterocycles. The summed E-state index contributed by atoms with van der Waals surface area (Å²) in [5.41, 5.74) is 5.55. The van der Waals surface area contributed by atoms with Crippen LogP contribution in [0.3, 0.4) is 0 Å². The largest absolute Gasteiger partial charge is 0.366 e. The maximum absolute atomic E-state index is 13.0. The molecule has 0 spiro atoms. The number of hydrogen-bond donors (Lipinski definition) is 0. The minimum Gasteiger partial charge on any atom is -0.366 e. The van der Waals surface area contributed by atoms with Crippen LogP contribution in [-0.2, 0) is 11.3 Å². The number of carbonyl (C=O) groups is 2. The number of anilines is 1. The molecule has 0 aromatic heterocycles. The van der Waals surface area contributed by atoms with Crippen molar-refractivity contribution in [2.45, 2.75) is 59.0 Å². The molecule has 6 heteroatoms. The fraction of sp³-hybridized carbons (Fsp3) is 0.385. The second-order valence-corrected chi connectivity index (χ2v) is 10.7. The predicted molar refractivity (Wildman–Crippen MR) is 134 cm³/mol. The minimum atomic E-state index is -0.263. The molecule has 0 bridgehead atoms. The minimum absolute atomic E-state index is 0.108. The molecule has 2 aromatic rings. The zero-order chi connectivity index (χ0) is 23.2. The van der Waals surface area contributed by atoms with E-state index >= 15 is 0 Å². The van der Waals surface area contributed by atoms with Gasteiger partial charge in [-0.05, 0) is 98.3 Å². The van der Waals surface area contributed by atoms with Gasteiger partial charge in [0.25, 0.3) is 11.1 Å². The summed E-state index contributed by atoms with van der Waals surface area (Å²) in [5, 5.41) is 0.294. The Labute approximate surface area is 199 Å². The van der Waals surface area contributed by atoms with Gasteiger partial charge in [-0.25, -0.2) is 0 Å². The van der Waals surface area contributed by atoms with Crippen molar-refractivity contribution in [2.24, 2.45) is 0 Å². The predicted octanol–water partition coefficient (Wildman–Crippen LogP) is 7.00. The highest BCUT2D eigenvalue weighted by atomic mass is 35.5. The Balaban J connectivity index is 1.66. The van der Waals surface area contributed by atoms with Crippen molar-refractivity contribution in [1.82, 2.24) is 4.90 Å². The van der Waals surface area contributed by atoms with Gasteiger partial charge in [-0.3, -0.25) is 14.5 Å². The molecule has 1 saturated heterocycles. The summed E-state index contributed by atoms with van der Waals surface area (Å²) in [6.45, 7) is 12.3. The molecule has 32 heavy (non-hydrogen) atoms. The first-order valence-electron chi connectivity index (χ1n) is 11.0.